The quantitative estimate of drug-likeness (QED) is 0.490. The third-order valence-electron chi connectivity index (χ3n) is 4.27. The van der Waals surface area contributed by atoms with Gasteiger partial charge in [0.25, 0.3) is 0 Å². The average molecular weight is 352 g/mol. The van der Waals surface area contributed by atoms with Crippen LogP contribution >= 0.6 is 11.9 Å². The molecule has 1 aliphatic carbocycles. The van der Waals surface area contributed by atoms with Crippen LogP contribution in [0.2, 0.25) is 0 Å². The summed E-state index contributed by atoms with van der Waals surface area (Å²) in [4.78, 5) is 9.37. The zero-order chi connectivity index (χ0) is 16.8. The highest BCUT2D eigenvalue weighted by molar-refractivity contribution is 7.97. The van der Waals surface area contributed by atoms with Gasteiger partial charge in [0.1, 0.15) is 11.9 Å². The second kappa shape index (κ2) is 8.87. The van der Waals surface area contributed by atoms with Crippen molar-refractivity contribution in [2.45, 2.75) is 58.1 Å². The molecule has 134 valence electrons. The van der Waals surface area contributed by atoms with Gasteiger partial charge in [0, 0.05) is 30.4 Å². The van der Waals surface area contributed by atoms with E-state index in [9.17, 15) is 0 Å². The van der Waals surface area contributed by atoms with Crippen molar-refractivity contribution in [3.63, 3.8) is 0 Å². The molecule has 0 bridgehead atoms. The van der Waals surface area contributed by atoms with Crippen LogP contribution in [0.5, 0.6) is 6.01 Å². The second-order valence-corrected chi connectivity index (χ2v) is 7.70. The lowest BCUT2D eigenvalue weighted by atomic mass is 9.96. The molecule has 1 aromatic heterocycles. The first-order valence-corrected chi connectivity index (χ1v) is 10.1. The number of nitrogens with one attached hydrogen (secondary N) is 3. The predicted molar refractivity (Wildman–Crippen MR) is 99.8 cm³/mol. The average Bonchev–Trinajstić information content (AvgIpc) is 3.07. The maximum Gasteiger partial charge on any atom is 0.318 e. The molecule has 1 aliphatic heterocycles. The minimum atomic E-state index is 0.199. The Morgan fingerprint density at radius 2 is 2.17 bits per heavy atom. The third kappa shape index (κ3) is 4.97. The lowest BCUT2D eigenvalue weighted by molar-refractivity contribution is 0.203. The van der Waals surface area contributed by atoms with E-state index in [0.29, 0.717) is 12.1 Å². The second-order valence-electron chi connectivity index (χ2n) is 6.77. The standard InChI is InChI=1S/C17H29N5OS/c1-12(2)22-24-10-9-19-16-14-5-3-4-6-15(14)20-17(21-16)23-13-7-8-18-11-13/h12-13,18,22H,3-11H2,1-2H3,(H,19,20,21)/t13-/m1/s1. The number of fused-ring (bicyclic) bond motifs is 1. The van der Waals surface area contributed by atoms with E-state index >= 15 is 0 Å². The molecule has 2 aliphatic rings. The van der Waals surface area contributed by atoms with Crippen molar-refractivity contribution >= 4 is 17.8 Å². The lowest BCUT2D eigenvalue weighted by Gasteiger charge is -2.21. The molecule has 2 heterocycles. The van der Waals surface area contributed by atoms with E-state index in [1.807, 2.05) is 0 Å². The van der Waals surface area contributed by atoms with Gasteiger partial charge in [-0.1, -0.05) is 11.9 Å². The Balaban J connectivity index is 1.63. The van der Waals surface area contributed by atoms with Crippen LogP contribution in [0.3, 0.4) is 0 Å². The van der Waals surface area contributed by atoms with E-state index in [0.717, 1.165) is 50.5 Å². The molecule has 0 radical (unpaired) electrons. The number of rotatable bonds is 8. The van der Waals surface area contributed by atoms with Crippen molar-refractivity contribution in [2.75, 3.05) is 30.7 Å². The number of hydrogen-bond donors (Lipinski definition) is 3. The van der Waals surface area contributed by atoms with E-state index in [1.165, 1.54) is 24.1 Å². The van der Waals surface area contributed by atoms with Crippen molar-refractivity contribution in [1.82, 2.24) is 20.0 Å². The summed E-state index contributed by atoms with van der Waals surface area (Å²) in [6.45, 7) is 7.10. The van der Waals surface area contributed by atoms with Gasteiger partial charge in [0.05, 0.1) is 5.69 Å². The van der Waals surface area contributed by atoms with Crippen molar-refractivity contribution in [3.8, 4) is 6.01 Å². The maximum atomic E-state index is 6.00. The molecule has 1 atom stereocenters. The van der Waals surface area contributed by atoms with E-state index in [2.05, 4.69) is 39.2 Å². The van der Waals surface area contributed by atoms with Crippen molar-refractivity contribution in [3.05, 3.63) is 11.3 Å². The molecular formula is C17H29N5OS. The fourth-order valence-electron chi connectivity index (χ4n) is 3.09. The number of hydrogen-bond acceptors (Lipinski definition) is 7. The smallest absolute Gasteiger partial charge is 0.318 e. The molecule has 1 aromatic rings. The summed E-state index contributed by atoms with van der Waals surface area (Å²) in [6.07, 6.45) is 5.77. The highest BCUT2D eigenvalue weighted by Crippen LogP contribution is 2.27. The molecular weight excluding hydrogens is 322 g/mol. The number of anilines is 1. The Morgan fingerprint density at radius 3 is 2.96 bits per heavy atom. The van der Waals surface area contributed by atoms with Gasteiger partial charge in [-0.05, 0) is 52.5 Å². The molecule has 3 rings (SSSR count). The van der Waals surface area contributed by atoms with E-state index in [-0.39, 0.29) is 6.10 Å². The molecule has 1 saturated heterocycles. The fraction of sp³-hybridized carbons (Fsp3) is 0.765. The molecule has 6 nitrogen and oxygen atoms in total. The zero-order valence-electron chi connectivity index (χ0n) is 14.7. The molecule has 0 saturated carbocycles. The van der Waals surface area contributed by atoms with Gasteiger partial charge in [0.2, 0.25) is 0 Å². The van der Waals surface area contributed by atoms with Gasteiger partial charge < -0.3 is 15.4 Å². The Hall–Kier alpha value is -1.05. The normalized spacial score (nSPS) is 20.2. The number of nitrogens with zero attached hydrogens (tertiary/aromatic N) is 2. The summed E-state index contributed by atoms with van der Waals surface area (Å²) in [5.74, 6) is 1.98. The lowest BCUT2D eigenvalue weighted by Crippen LogP contribution is -2.22. The maximum absolute atomic E-state index is 6.00. The van der Waals surface area contributed by atoms with Crippen LogP contribution in [-0.4, -0.2) is 47.5 Å². The summed E-state index contributed by atoms with van der Waals surface area (Å²) in [5, 5.41) is 6.83. The third-order valence-corrected chi connectivity index (χ3v) is 5.31. The summed E-state index contributed by atoms with van der Waals surface area (Å²) < 4.78 is 9.36. The van der Waals surface area contributed by atoms with Gasteiger partial charge >= 0.3 is 6.01 Å². The molecule has 3 N–H and O–H groups in total. The van der Waals surface area contributed by atoms with Crippen molar-refractivity contribution < 1.29 is 4.74 Å². The molecule has 0 spiro atoms. The highest BCUT2D eigenvalue weighted by Gasteiger charge is 2.21. The summed E-state index contributed by atoms with van der Waals surface area (Å²) in [6, 6.07) is 1.04. The number of aromatic nitrogens is 2. The SMILES string of the molecule is CC(C)NSCCNc1nc(O[C@@H]2CCNC2)nc2c1CCCC2. The fourth-order valence-corrected chi connectivity index (χ4v) is 3.75. The van der Waals surface area contributed by atoms with Crippen LogP contribution in [0.4, 0.5) is 5.82 Å². The van der Waals surface area contributed by atoms with Crippen LogP contribution in [0.15, 0.2) is 0 Å². The van der Waals surface area contributed by atoms with Crippen molar-refractivity contribution in [2.24, 2.45) is 0 Å². The zero-order valence-corrected chi connectivity index (χ0v) is 15.5. The monoisotopic (exact) mass is 351 g/mol. The Bertz CT molecular complexity index is 534. The summed E-state index contributed by atoms with van der Waals surface area (Å²) >= 11 is 1.75. The summed E-state index contributed by atoms with van der Waals surface area (Å²) in [7, 11) is 0. The minimum Gasteiger partial charge on any atom is -0.459 e. The first-order chi connectivity index (χ1) is 11.7. The molecule has 1 fully saturated rings. The van der Waals surface area contributed by atoms with Crippen LogP contribution < -0.4 is 20.1 Å². The topological polar surface area (TPSA) is 71.1 Å². The molecule has 24 heavy (non-hydrogen) atoms. The van der Waals surface area contributed by atoms with Crippen molar-refractivity contribution in [1.29, 1.82) is 0 Å². The van der Waals surface area contributed by atoms with E-state index < -0.39 is 0 Å². The number of aryl methyl sites for hydroxylation is 1. The molecule has 0 amide bonds. The Kier molecular flexibility index (Phi) is 6.57. The first kappa shape index (κ1) is 17.8. The van der Waals surface area contributed by atoms with E-state index in [1.54, 1.807) is 11.9 Å². The van der Waals surface area contributed by atoms with Gasteiger partial charge in [-0.15, -0.1) is 0 Å². The number of ether oxygens (including phenoxy) is 1. The minimum absolute atomic E-state index is 0.199. The molecule has 7 heteroatoms. The van der Waals surface area contributed by atoms with Crippen LogP contribution in [-0.2, 0) is 12.8 Å². The van der Waals surface area contributed by atoms with Crippen LogP contribution in [0.25, 0.3) is 0 Å². The highest BCUT2D eigenvalue weighted by atomic mass is 32.2. The summed E-state index contributed by atoms with van der Waals surface area (Å²) in [5.41, 5.74) is 2.47. The Morgan fingerprint density at radius 1 is 1.29 bits per heavy atom. The molecule has 0 unspecified atom stereocenters. The van der Waals surface area contributed by atoms with Crippen LogP contribution in [0.1, 0.15) is 44.4 Å². The first-order valence-electron chi connectivity index (χ1n) is 9.10. The predicted octanol–water partition coefficient (Wildman–Crippen LogP) is 2.15. The van der Waals surface area contributed by atoms with Crippen LogP contribution in [0, 0.1) is 0 Å². The van der Waals surface area contributed by atoms with E-state index in [4.69, 9.17) is 4.74 Å². The molecule has 0 aromatic carbocycles. The van der Waals surface area contributed by atoms with Gasteiger partial charge in [0.15, 0.2) is 0 Å². The van der Waals surface area contributed by atoms with Gasteiger partial charge in [-0.2, -0.15) is 9.97 Å². The van der Waals surface area contributed by atoms with Gasteiger partial charge in [-0.25, -0.2) is 0 Å². The Labute approximate surface area is 149 Å². The van der Waals surface area contributed by atoms with Gasteiger partial charge in [-0.3, -0.25) is 4.72 Å². The largest absolute Gasteiger partial charge is 0.459 e.